The largest absolute Gasteiger partial charge is 0.381 e. The van der Waals surface area contributed by atoms with Crippen LogP contribution in [0.25, 0.3) is 0 Å². The van der Waals surface area contributed by atoms with Crippen molar-refractivity contribution in [3.05, 3.63) is 11.3 Å². The summed E-state index contributed by atoms with van der Waals surface area (Å²) < 4.78 is 5.36. The molecule has 1 fully saturated rings. The number of urea groups is 1. The summed E-state index contributed by atoms with van der Waals surface area (Å²) in [4.78, 5) is 17.9. The van der Waals surface area contributed by atoms with Gasteiger partial charge in [-0.25, -0.2) is 4.79 Å². The summed E-state index contributed by atoms with van der Waals surface area (Å²) in [6.07, 6.45) is 3.61. The maximum Gasteiger partial charge on any atom is 0.362 e. The normalized spacial score (nSPS) is 27.5. The lowest BCUT2D eigenvalue weighted by molar-refractivity contribution is 0.0742. The van der Waals surface area contributed by atoms with E-state index in [1.165, 1.54) is 0 Å². The van der Waals surface area contributed by atoms with E-state index < -0.39 is 11.6 Å². The van der Waals surface area contributed by atoms with Crippen molar-refractivity contribution in [1.29, 1.82) is 5.53 Å². The third kappa shape index (κ3) is 2.64. The van der Waals surface area contributed by atoms with Crippen molar-refractivity contribution in [2.45, 2.75) is 44.6 Å². The van der Waals surface area contributed by atoms with Crippen LogP contribution in [0, 0.1) is 5.53 Å². The number of aliphatic imine (C=N–C) groups is 1. The van der Waals surface area contributed by atoms with Crippen LogP contribution in [0.3, 0.4) is 0 Å². The smallest absolute Gasteiger partial charge is 0.362 e. The number of amides is 2. The van der Waals surface area contributed by atoms with Crippen LogP contribution in [0.15, 0.2) is 21.4 Å². The number of nitrogens with one attached hydrogen (secondary N) is 3. The highest BCUT2D eigenvalue weighted by atomic mass is 16.5. The fourth-order valence-corrected chi connectivity index (χ4v) is 3.21. The van der Waals surface area contributed by atoms with Crippen molar-refractivity contribution in [1.82, 2.24) is 15.5 Å². The van der Waals surface area contributed by atoms with E-state index in [1.807, 2.05) is 20.1 Å². The van der Waals surface area contributed by atoms with Crippen molar-refractivity contribution in [2.24, 2.45) is 10.1 Å². The number of rotatable bonds is 2. The highest BCUT2D eigenvalue weighted by molar-refractivity contribution is 5.88. The van der Waals surface area contributed by atoms with Gasteiger partial charge in [0.05, 0.1) is 12.1 Å². The van der Waals surface area contributed by atoms with E-state index in [9.17, 15) is 4.79 Å². The first-order chi connectivity index (χ1) is 10.5. The van der Waals surface area contributed by atoms with Crippen LogP contribution < -0.4 is 10.6 Å². The lowest BCUT2D eigenvalue weighted by Gasteiger charge is -2.32. The lowest BCUT2D eigenvalue weighted by Crippen LogP contribution is -2.49. The van der Waals surface area contributed by atoms with Gasteiger partial charge in [-0.05, 0) is 26.7 Å². The molecule has 0 aromatic carbocycles. The van der Waals surface area contributed by atoms with Gasteiger partial charge in [-0.3, -0.25) is 10.3 Å². The summed E-state index contributed by atoms with van der Waals surface area (Å²) >= 11 is 0. The van der Waals surface area contributed by atoms with Crippen LogP contribution in [-0.2, 0) is 4.74 Å². The van der Waals surface area contributed by atoms with Gasteiger partial charge in [0.25, 0.3) is 0 Å². The van der Waals surface area contributed by atoms with E-state index in [0.717, 1.165) is 37.3 Å². The van der Waals surface area contributed by atoms with E-state index in [0.29, 0.717) is 12.6 Å². The number of carbonyl (C=O) groups excluding carboxylic acids is 1. The van der Waals surface area contributed by atoms with Crippen LogP contribution in [0.4, 0.5) is 4.79 Å². The predicted molar refractivity (Wildman–Crippen MR) is 80.7 cm³/mol. The van der Waals surface area contributed by atoms with Crippen LogP contribution in [-0.4, -0.2) is 54.8 Å². The van der Waals surface area contributed by atoms with Gasteiger partial charge in [0.2, 0.25) is 0 Å². The molecule has 0 saturated carbocycles. The molecule has 0 aliphatic carbocycles. The first-order valence-corrected chi connectivity index (χ1v) is 7.58. The molecular weight excluding hydrogens is 284 g/mol. The van der Waals surface area contributed by atoms with E-state index in [1.54, 1.807) is 4.90 Å². The summed E-state index contributed by atoms with van der Waals surface area (Å²) in [5.74, 6) is 0. The zero-order valence-electron chi connectivity index (χ0n) is 12.9. The molecule has 3 aliphatic heterocycles. The van der Waals surface area contributed by atoms with Crippen molar-refractivity contribution >= 4 is 12.2 Å². The van der Waals surface area contributed by atoms with Gasteiger partial charge in [-0.2, -0.15) is 5.53 Å². The van der Waals surface area contributed by atoms with Crippen molar-refractivity contribution in [3.8, 4) is 0 Å². The number of hydrogen-bond donors (Lipinski definition) is 3. The molecule has 2 amide bonds. The van der Waals surface area contributed by atoms with Crippen LogP contribution in [0.5, 0.6) is 0 Å². The molecule has 3 N–H and O–H groups in total. The highest BCUT2D eigenvalue weighted by Gasteiger charge is 2.43. The molecule has 3 aliphatic rings. The Kier molecular flexibility index (Phi) is 3.96. The first kappa shape index (κ1) is 15.1. The molecule has 8 nitrogen and oxygen atoms in total. The van der Waals surface area contributed by atoms with Crippen LogP contribution >= 0.6 is 0 Å². The summed E-state index contributed by atoms with van der Waals surface area (Å²) in [7, 11) is 0. The molecule has 120 valence electrons. The maximum atomic E-state index is 11.8. The first-order valence-electron chi connectivity index (χ1n) is 7.58. The molecule has 1 unspecified atom stereocenters. The zero-order chi connectivity index (χ0) is 15.7. The van der Waals surface area contributed by atoms with Crippen molar-refractivity contribution < 1.29 is 9.53 Å². The van der Waals surface area contributed by atoms with Gasteiger partial charge < -0.3 is 15.0 Å². The highest BCUT2D eigenvalue weighted by Crippen LogP contribution is 2.34. The molecule has 8 heteroatoms. The van der Waals surface area contributed by atoms with E-state index >= 15 is 0 Å². The Bertz CT molecular complexity index is 535. The number of hydrogen-bond acceptors (Lipinski definition) is 6. The Balaban J connectivity index is 1.68. The average Bonchev–Trinajstić information content (AvgIpc) is 2.78. The molecular formula is C14H22N6O2. The lowest BCUT2D eigenvalue weighted by atomic mass is 9.95. The zero-order valence-corrected chi connectivity index (χ0v) is 12.9. The minimum Gasteiger partial charge on any atom is -0.381 e. The molecule has 0 spiro atoms. The molecule has 0 bridgehead atoms. The van der Waals surface area contributed by atoms with Crippen LogP contribution in [0.2, 0.25) is 0 Å². The summed E-state index contributed by atoms with van der Waals surface area (Å²) in [5.41, 5.74) is 8.41. The minimum absolute atomic E-state index is 0.180. The third-order valence-electron chi connectivity index (χ3n) is 4.58. The SMILES string of the molecule is CC1(C)C2=C(CN1C(=O)N=N)NC(NC1CCOCC1)N=C2. The van der Waals surface area contributed by atoms with E-state index in [2.05, 4.69) is 20.7 Å². The molecule has 0 radical (unpaired) electrons. The quantitative estimate of drug-likeness (QED) is 0.667. The molecule has 1 atom stereocenters. The standard InChI is InChI=1S/C14H22N6O2/c1-14(2)10-7-16-12(17-9-3-5-22-6-4-9)18-11(10)8-20(14)13(21)19-15/h7,9,12,15,17-18H,3-6,8H2,1-2H3. The molecule has 0 aromatic rings. The molecule has 3 heterocycles. The fourth-order valence-electron chi connectivity index (χ4n) is 3.21. The topological polar surface area (TPSA) is 102 Å². The summed E-state index contributed by atoms with van der Waals surface area (Å²) in [6.45, 7) is 5.88. The Morgan fingerprint density at radius 2 is 2.27 bits per heavy atom. The van der Waals surface area contributed by atoms with Crippen molar-refractivity contribution in [2.75, 3.05) is 19.8 Å². The van der Waals surface area contributed by atoms with Gasteiger partial charge in [0.1, 0.15) is 0 Å². The average molecular weight is 306 g/mol. The summed E-state index contributed by atoms with van der Waals surface area (Å²) in [5, 5.41) is 9.87. The monoisotopic (exact) mass is 306 g/mol. The Morgan fingerprint density at radius 1 is 1.55 bits per heavy atom. The number of nitrogens with zero attached hydrogens (tertiary/aromatic N) is 3. The fraction of sp³-hybridized carbons (Fsp3) is 0.714. The van der Waals surface area contributed by atoms with Gasteiger partial charge >= 0.3 is 6.03 Å². The second-order valence-electron chi connectivity index (χ2n) is 6.31. The van der Waals surface area contributed by atoms with Gasteiger partial charge in [-0.15, -0.1) is 0 Å². The molecule has 3 rings (SSSR count). The number of ether oxygens (including phenoxy) is 1. The summed E-state index contributed by atoms with van der Waals surface area (Å²) in [6, 6.07) is -0.135. The predicted octanol–water partition coefficient (Wildman–Crippen LogP) is 1.21. The number of carbonyl (C=O) groups is 1. The second kappa shape index (κ2) is 5.77. The third-order valence-corrected chi connectivity index (χ3v) is 4.58. The Hall–Kier alpha value is -1.80. The van der Waals surface area contributed by atoms with Gasteiger partial charge in [0, 0.05) is 36.7 Å². The minimum atomic E-state index is -0.525. The second-order valence-corrected chi connectivity index (χ2v) is 6.31. The van der Waals surface area contributed by atoms with Gasteiger partial charge in [-0.1, -0.05) is 5.11 Å². The van der Waals surface area contributed by atoms with Gasteiger partial charge in [0.15, 0.2) is 6.29 Å². The van der Waals surface area contributed by atoms with Crippen LogP contribution in [0.1, 0.15) is 26.7 Å². The molecule has 0 aromatic heterocycles. The molecule has 22 heavy (non-hydrogen) atoms. The maximum absolute atomic E-state index is 11.8. The van der Waals surface area contributed by atoms with E-state index in [-0.39, 0.29) is 6.29 Å². The van der Waals surface area contributed by atoms with Crippen molar-refractivity contribution in [3.63, 3.8) is 0 Å². The van der Waals surface area contributed by atoms with E-state index in [4.69, 9.17) is 10.3 Å². The Labute approximate surface area is 129 Å². The Morgan fingerprint density at radius 3 is 2.95 bits per heavy atom. The molecule has 1 saturated heterocycles.